The first-order valence-electron chi connectivity index (χ1n) is 4.96. The zero-order valence-electron chi connectivity index (χ0n) is 8.97. The van der Waals surface area contributed by atoms with Crippen molar-refractivity contribution in [3.63, 3.8) is 0 Å². The minimum atomic E-state index is 0.674. The van der Waals surface area contributed by atoms with Gasteiger partial charge >= 0.3 is 0 Å². The van der Waals surface area contributed by atoms with Crippen LogP contribution in [0.4, 0.5) is 5.69 Å². The molecule has 0 bridgehead atoms. The summed E-state index contributed by atoms with van der Waals surface area (Å²) in [5.41, 5.74) is 2.67. The summed E-state index contributed by atoms with van der Waals surface area (Å²) in [6.45, 7) is 7.11. The van der Waals surface area contributed by atoms with Crippen molar-refractivity contribution < 1.29 is 4.74 Å². The van der Waals surface area contributed by atoms with Crippen LogP contribution in [-0.4, -0.2) is 7.11 Å². The van der Waals surface area contributed by atoms with Crippen LogP contribution in [0.15, 0.2) is 48.5 Å². The first-order chi connectivity index (χ1) is 7.85. The van der Waals surface area contributed by atoms with E-state index in [2.05, 4.69) is 4.85 Å². The third kappa shape index (κ3) is 1.89. The van der Waals surface area contributed by atoms with Crippen LogP contribution >= 0.6 is 0 Å². The number of benzene rings is 2. The first-order valence-corrected chi connectivity index (χ1v) is 4.96. The average Bonchev–Trinajstić information content (AvgIpc) is 2.39. The zero-order chi connectivity index (χ0) is 11.4. The lowest BCUT2D eigenvalue weighted by molar-refractivity contribution is 0.415. The maximum atomic E-state index is 7.11. The Kier molecular flexibility index (Phi) is 2.88. The molecule has 0 radical (unpaired) electrons. The van der Waals surface area contributed by atoms with Crippen molar-refractivity contribution in [2.24, 2.45) is 0 Å². The number of ether oxygens (including phenoxy) is 1. The molecule has 0 aliphatic heterocycles. The highest BCUT2D eigenvalue weighted by atomic mass is 16.5. The predicted octanol–water partition coefficient (Wildman–Crippen LogP) is 3.91. The lowest BCUT2D eigenvalue weighted by Gasteiger charge is -2.05. The van der Waals surface area contributed by atoms with E-state index < -0.39 is 0 Å². The molecule has 0 fully saturated rings. The molecule has 0 saturated heterocycles. The van der Waals surface area contributed by atoms with Crippen LogP contribution in [0.3, 0.4) is 0 Å². The van der Waals surface area contributed by atoms with Gasteiger partial charge in [-0.1, -0.05) is 36.4 Å². The number of para-hydroxylation sites is 1. The van der Waals surface area contributed by atoms with E-state index in [-0.39, 0.29) is 0 Å². The monoisotopic (exact) mass is 209 g/mol. The summed E-state index contributed by atoms with van der Waals surface area (Å²) < 4.78 is 5.10. The van der Waals surface area contributed by atoms with Crippen molar-refractivity contribution in [1.29, 1.82) is 0 Å². The summed E-state index contributed by atoms with van der Waals surface area (Å²) in [5.74, 6) is 0.823. The van der Waals surface area contributed by atoms with Gasteiger partial charge in [-0.3, -0.25) is 0 Å². The molecule has 0 aliphatic rings. The molecule has 0 spiro atoms. The van der Waals surface area contributed by atoms with Crippen molar-refractivity contribution in [1.82, 2.24) is 0 Å². The van der Waals surface area contributed by atoms with E-state index >= 15 is 0 Å². The highest BCUT2D eigenvalue weighted by Gasteiger charge is 2.03. The molecule has 0 aromatic heterocycles. The molecule has 2 aromatic rings. The van der Waals surface area contributed by atoms with Crippen molar-refractivity contribution in [2.75, 3.05) is 7.11 Å². The van der Waals surface area contributed by atoms with Crippen LogP contribution in [-0.2, 0) is 0 Å². The molecular weight excluding hydrogens is 198 g/mol. The molecule has 0 atom stereocenters. The molecule has 0 N–H and O–H groups in total. The first kappa shape index (κ1) is 10.3. The Morgan fingerprint density at radius 3 is 2.31 bits per heavy atom. The van der Waals surface area contributed by atoms with E-state index in [0.29, 0.717) is 5.69 Å². The third-order valence-electron chi connectivity index (χ3n) is 2.43. The lowest BCUT2D eigenvalue weighted by atomic mass is 10.0. The fourth-order valence-electron chi connectivity index (χ4n) is 1.59. The third-order valence-corrected chi connectivity index (χ3v) is 2.43. The van der Waals surface area contributed by atoms with E-state index in [1.807, 2.05) is 48.5 Å². The van der Waals surface area contributed by atoms with Crippen LogP contribution in [0.2, 0.25) is 0 Å². The van der Waals surface area contributed by atoms with Gasteiger partial charge in [-0.25, -0.2) is 4.85 Å². The number of hydrogen-bond donors (Lipinski definition) is 0. The summed E-state index contributed by atoms with van der Waals surface area (Å²) in [7, 11) is 1.64. The van der Waals surface area contributed by atoms with Crippen molar-refractivity contribution in [3.05, 3.63) is 59.9 Å². The van der Waals surface area contributed by atoms with Gasteiger partial charge in [0.05, 0.1) is 13.7 Å². The van der Waals surface area contributed by atoms with Crippen molar-refractivity contribution >= 4 is 5.69 Å². The summed E-state index contributed by atoms with van der Waals surface area (Å²) >= 11 is 0. The normalized spacial score (nSPS) is 9.50. The standard InChI is InChI=1S/C14H11NO/c1-15-14-6-4-3-5-13(14)11-7-9-12(16-2)10-8-11/h3-10H,2H3. The Morgan fingerprint density at radius 2 is 1.69 bits per heavy atom. The largest absolute Gasteiger partial charge is 0.497 e. The van der Waals surface area contributed by atoms with E-state index in [1.54, 1.807) is 7.11 Å². The molecule has 0 amide bonds. The van der Waals surface area contributed by atoms with E-state index in [0.717, 1.165) is 16.9 Å². The summed E-state index contributed by atoms with van der Waals surface area (Å²) in [5, 5.41) is 0. The summed E-state index contributed by atoms with van der Waals surface area (Å²) in [4.78, 5) is 3.51. The number of hydrogen-bond acceptors (Lipinski definition) is 1. The van der Waals surface area contributed by atoms with Crippen molar-refractivity contribution in [3.8, 4) is 16.9 Å². The smallest absolute Gasteiger partial charge is 0.194 e. The van der Waals surface area contributed by atoms with Gasteiger partial charge in [0.15, 0.2) is 5.69 Å². The maximum absolute atomic E-state index is 7.11. The molecule has 2 aromatic carbocycles. The van der Waals surface area contributed by atoms with Gasteiger partial charge in [0.25, 0.3) is 0 Å². The Bertz CT molecular complexity index is 523. The number of nitrogens with zero attached hydrogens (tertiary/aromatic N) is 1. The molecule has 2 nitrogen and oxygen atoms in total. The average molecular weight is 209 g/mol. The Labute approximate surface area is 94.9 Å². The molecule has 2 heteroatoms. The van der Waals surface area contributed by atoms with Gasteiger partial charge < -0.3 is 4.74 Å². The minimum Gasteiger partial charge on any atom is -0.497 e. The molecule has 0 unspecified atom stereocenters. The number of rotatable bonds is 2. The number of methoxy groups -OCH3 is 1. The predicted molar refractivity (Wildman–Crippen MR) is 64.7 cm³/mol. The minimum absolute atomic E-state index is 0.674. The highest BCUT2D eigenvalue weighted by Crippen LogP contribution is 2.30. The van der Waals surface area contributed by atoms with Gasteiger partial charge in [-0.15, -0.1) is 0 Å². The van der Waals surface area contributed by atoms with Crippen LogP contribution in [0.5, 0.6) is 5.75 Å². The van der Waals surface area contributed by atoms with Gasteiger partial charge in [-0.2, -0.15) is 0 Å². The van der Waals surface area contributed by atoms with Gasteiger partial charge in [0.2, 0.25) is 0 Å². The van der Waals surface area contributed by atoms with E-state index in [4.69, 9.17) is 11.3 Å². The van der Waals surface area contributed by atoms with Crippen LogP contribution in [0, 0.1) is 6.57 Å². The molecule has 16 heavy (non-hydrogen) atoms. The molecule has 78 valence electrons. The van der Waals surface area contributed by atoms with Crippen molar-refractivity contribution in [2.45, 2.75) is 0 Å². The Balaban J connectivity index is 2.47. The van der Waals surface area contributed by atoms with Crippen LogP contribution in [0.25, 0.3) is 16.0 Å². The maximum Gasteiger partial charge on any atom is 0.194 e. The molecule has 0 heterocycles. The second-order valence-corrected chi connectivity index (χ2v) is 3.36. The zero-order valence-corrected chi connectivity index (χ0v) is 8.97. The SMILES string of the molecule is [C-]#[N+]c1ccccc1-c1ccc(OC)cc1. The van der Waals surface area contributed by atoms with Gasteiger partial charge in [0.1, 0.15) is 5.75 Å². The quantitative estimate of drug-likeness (QED) is 0.683. The Hall–Kier alpha value is -2.27. The van der Waals surface area contributed by atoms with E-state index in [9.17, 15) is 0 Å². The topological polar surface area (TPSA) is 13.6 Å². The van der Waals surface area contributed by atoms with Crippen LogP contribution in [0.1, 0.15) is 0 Å². The summed E-state index contributed by atoms with van der Waals surface area (Å²) in [6, 6.07) is 15.3. The molecule has 0 saturated carbocycles. The molecular formula is C14H11NO. The fourth-order valence-corrected chi connectivity index (χ4v) is 1.59. The van der Waals surface area contributed by atoms with Gasteiger partial charge in [-0.05, 0) is 23.3 Å². The molecule has 2 rings (SSSR count). The second-order valence-electron chi connectivity index (χ2n) is 3.36. The lowest BCUT2D eigenvalue weighted by Crippen LogP contribution is -1.82. The van der Waals surface area contributed by atoms with Crippen LogP contribution < -0.4 is 4.74 Å². The highest BCUT2D eigenvalue weighted by molar-refractivity contribution is 5.78. The second kappa shape index (κ2) is 4.50. The van der Waals surface area contributed by atoms with Gasteiger partial charge in [0, 0.05) is 0 Å². The Morgan fingerprint density at radius 1 is 1.00 bits per heavy atom. The summed E-state index contributed by atoms with van der Waals surface area (Å²) in [6.07, 6.45) is 0. The van der Waals surface area contributed by atoms with E-state index in [1.165, 1.54) is 0 Å². The molecule has 0 aliphatic carbocycles. The fraction of sp³-hybridized carbons (Fsp3) is 0.0714.